The molecule has 7 heteroatoms. The van der Waals surface area contributed by atoms with Gasteiger partial charge in [0.2, 0.25) is 0 Å². The van der Waals surface area contributed by atoms with E-state index in [1.165, 1.54) is 19.2 Å². The lowest BCUT2D eigenvalue weighted by Crippen LogP contribution is -2.31. The molecule has 1 atom stereocenters. The van der Waals surface area contributed by atoms with Crippen molar-refractivity contribution in [3.05, 3.63) is 58.6 Å². The first-order valence-electron chi connectivity index (χ1n) is 8.04. The maximum absolute atomic E-state index is 12.4. The van der Waals surface area contributed by atoms with E-state index in [9.17, 15) is 14.7 Å². The second kappa shape index (κ2) is 9.10. The van der Waals surface area contributed by atoms with Crippen LogP contribution in [0.4, 0.5) is 0 Å². The number of ether oxygens (including phenoxy) is 2. The second-order valence-electron chi connectivity index (χ2n) is 5.43. The molecule has 0 aliphatic carbocycles. The number of nitrogens with one attached hydrogen (secondary N) is 1. The van der Waals surface area contributed by atoms with E-state index < -0.39 is 17.8 Å². The van der Waals surface area contributed by atoms with Gasteiger partial charge in [0.1, 0.15) is 0 Å². The van der Waals surface area contributed by atoms with E-state index in [1.54, 1.807) is 30.3 Å². The molecule has 0 radical (unpaired) electrons. The lowest BCUT2D eigenvalue weighted by Gasteiger charge is -2.15. The number of methoxy groups -OCH3 is 1. The molecule has 2 aromatic rings. The van der Waals surface area contributed by atoms with Gasteiger partial charge in [-0.25, -0.2) is 0 Å². The number of amides is 1. The zero-order valence-electron chi connectivity index (χ0n) is 14.5. The molecule has 2 aromatic carbocycles. The fourth-order valence-electron chi connectivity index (χ4n) is 2.47. The van der Waals surface area contributed by atoms with E-state index in [0.717, 1.165) is 0 Å². The van der Waals surface area contributed by atoms with Crippen LogP contribution in [-0.2, 0) is 4.79 Å². The summed E-state index contributed by atoms with van der Waals surface area (Å²) in [6.07, 6.45) is 0. The molecule has 6 nitrogen and oxygen atoms in total. The van der Waals surface area contributed by atoms with Crippen molar-refractivity contribution in [1.82, 2.24) is 5.32 Å². The van der Waals surface area contributed by atoms with Gasteiger partial charge >= 0.3 is 5.97 Å². The average molecular weight is 378 g/mol. The fraction of sp³-hybridized carbons (Fsp3) is 0.263. The number of carboxylic acid groups (broad SMARTS) is 1. The second-order valence-corrected chi connectivity index (χ2v) is 5.84. The van der Waals surface area contributed by atoms with Gasteiger partial charge in [-0.05, 0) is 24.6 Å². The number of aliphatic carboxylic acids is 1. The zero-order chi connectivity index (χ0) is 19.1. The number of carboxylic acids is 1. The number of benzene rings is 2. The molecule has 0 heterocycles. The van der Waals surface area contributed by atoms with Gasteiger partial charge in [-0.1, -0.05) is 41.9 Å². The summed E-state index contributed by atoms with van der Waals surface area (Å²) >= 11 is 6.17. The van der Waals surface area contributed by atoms with Crippen molar-refractivity contribution in [3.8, 4) is 11.5 Å². The van der Waals surface area contributed by atoms with Gasteiger partial charge in [0.15, 0.2) is 11.5 Å². The average Bonchev–Trinajstić information content (AvgIpc) is 2.63. The molecule has 0 saturated carbocycles. The predicted molar refractivity (Wildman–Crippen MR) is 98.3 cm³/mol. The van der Waals surface area contributed by atoms with Crippen molar-refractivity contribution < 1.29 is 24.2 Å². The van der Waals surface area contributed by atoms with E-state index in [2.05, 4.69) is 5.32 Å². The monoisotopic (exact) mass is 377 g/mol. The van der Waals surface area contributed by atoms with E-state index in [-0.39, 0.29) is 17.1 Å². The third kappa shape index (κ3) is 4.67. The SMILES string of the molecule is CCOc1c(Cl)cc(C(=O)NCC(C(=O)O)c2ccccc2)cc1OC. The largest absolute Gasteiger partial charge is 0.493 e. The van der Waals surface area contributed by atoms with Crippen LogP contribution in [0.2, 0.25) is 5.02 Å². The summed E-state index contributed by atoms with van der Waals surface area (Å²) in [7, 11) is 1.45. The van der Waals surface area contributed by atoms with Gasteiger partial charge in [0, 0.05) is 12.1 Å². The van der Waals surface area contributed by atoms with Crippen molar-refractivity contribution in [2.75, 3.05) is 20.3 Å². The van der Waals surface area contributed by atoms with Crippen LogP contribution >= 0.6 is 11.6 Å². The molecule has 26 heavy (non-hydrogen) atoms. The molecule has 138 valence electrons. The third-order valence-electron chi connectivity index (χ3n) is 3.75. The fourth-order valence-corrected chi connectivity index (χ4v) is 2.73. The maximum Gasteiger partial charge on any atom is 0.312 e. The van der Waals surface area contributed by atoms with Gasteiger partial charge in [0.05, 0.1) is 24.7 Å². The lowest BCUT2D eigenvalue weighted by molar-refractivity contribution is -0.138. The van der Waals surface area contributed by atoms with Crippen LogP contribution in [0, 0.1) is 0 Å². The van der Waals surface area contributed by atoms with Crippen LogP contribution in [0.3, 0.4) is 0 Å². The summed E-state index contributed by atoms with van der Waals surface area (Å²) in [6.45, 7) is 2.16. The minimum Gasteiger partial charge on any atom is -0.493 e. The maximum atomic E-state index is 12.4. The minimum absolute atomic E-state index is 0.0503. The van der Waals surface area contributed by atoms with Crippen molar-refractivity contribution in [2.45, 2.75) is 12.8 Å². The summed E-state index contributed by atoms with van der Waals surface area (Å²) in [5.74, 6) is -1.61. The predicted octanol–water partition coefficient (Wildman–Crippen LogP) is 3.35. The standard InChI is InChI=1S/C19H20ClNO5/c1-3-26-17-15(20)9-13(10-16(17)25-2)18(22)21-11-14(19(23)24)12-7-5-4-6-8-12/h4-10,14H,3,11H2,1-2H3,(H,21,22)(H,23,24). The first-order chi connectivity index (χ1) is 12.5. The number of carbonyl (C=O) groups excluding carboxylic acids is 1. The highest BCUT2D eigenvalue weighted by molar-refractivity contribution is 6.32. The Morgan fingerprint density at radius 2 is 1.92 bits per heavy atom. The van der Waals surface area contributed by atoms with E-state index >= 15 is 0 Å². The first kappa shape index (κ1) is 19.6. The summed E-state index contributed by atoms with van der Waals surface area (Å²) in [5, 5.41) is 12.3. The molecule has 0 bridgehead atoms. The Morgan fingerprint density at radius 3 is 2.50 bits per heavy atom. The molecule has 0 spiro atoms. The Labute approximate surface area is 156 Å². The van der Waals surface area contributed by atoms with Gasteiger partial charge in [-0.2, -0.15) is 0 Å². The Balaban J connectivity index is 2.16. The Morgan fingerprint density at radius 1 is 1.23 bits per heavy atom. The zero-order valence-corrected chi connectivity index (χ0v) is 15.2. The topological polar surface area (TPSA) is 84.9 Å². The number of hydrogen-bond acceptors (Lipinski definition) is 4. The van der Waals surface area contributed by atoms with Crippen molar-refractivity contribution >= 4 is 23.5 Å². The molecular weight excluding hydrogens is 358 g/mol. The highest BCUT2D eigenvalue weighted by Crippen LogP contribution is 2.36. The minimum atomic E-state index is -1.01. The molecule has 2 rings (SSSR count). The molecule has 1 amide bonds. The van der Waals surface area contributed by atoms with Gasteiger partial charge in [-0.3, -0.25) is 9.59 Å². The van der Waals surface area contributed by atoms with E-state index in [0.29, 0.717) is 23.7 Å². The molecule has 0 aliphatic rings. The molecule has 2 N–H and O–H groups in total. The molecule has 0 saturated heterocycles. The van der Waals surface area contributed by atoms with Crippen molar-refractivity contribution in [2.24, 2.45) is 0 Å². The lowest BCUT2D eigenvalue weighted by atomic mass is 9.99. The van der Waals surface area contributed by atoms with Crippen molar-refractivity contribution in [3.63, 3.8) is 0 Å². The van der Waals surface area contributed by atoms with Gasteiger partial charge in [0.25, 0.3) is 5.91 Å². The summed E-state index contributed by atoms with van der Waals surface area (Å²) < 4.78 is 10.6. The highest BCUT2D eigenvalue weighted by atomic mass is 35.5. The Kier molecular flexibility index (Phi) is 6.86. The molecular formula is C19H20ClNO5. The summed E-state index contributed by atoms with van der Waals surface area (Å²) in [6, 6.07) is 11.7. The number of halogens is 1. The Bertz CT molecular complexity index is 779. The van der Waals surface area contributed by atoms with E-state index in [1.807, 2.05) is 6.92 Å². The molecule has 0 fully saturated rings. The molecule has 0 aliphatic heterocycles. The van der Waals surface area contributed by atoms with Gasteiger partial charge < -0.3 is 19.9 Å². The summed E-state index contributed by atoms with van der Waals surface area (Å²) in [5.41, 5.74) is 0.870. The number of hydrogen-bond donors (Lipinski definition) is 2. The van der Waals surface area contributed by atoms with Gasteiger partial charge in [-0.15, -0.1) is 0 Å². The molecule has 0 aromatic heterocycles. The first-order valence-corrected chi connectivity index (χ1v) is 8.42. The van der Waals surface area contributed by atoms with Crippen LogP contribution in [0.1, 0.15) is 28.8 Å². The van der Waals surface area contributed by atoms with Crippen LogP contribution in [0.25, 0.3) is 0 Å². The number of carbonyl (C=O) groups is 2. The normalized spacial score (nSPS) is 11.5. The summed E-state index contributed by atoms with van der Waals surface area (Å²) in [4.78, 5) is 23.9. The van der Waals surface area contributed by atoms with Crippen LogP contribution in [0.5, 0.6) is 11.5 Å². The number of rotatable bonds is 8. The van der Waals surface area contributed by atoms with Crippen LogP contribution in [0.15, 0.2) is 42.5 Å². The van der Waals surface area contributed by atoms with Crippen molar-refractivity contribution in [1.29, 1.82) is 0 Å². The van der Waals surface area contributed by atoms with Crippen LogP contribution < -0.4 is 14.8 Å². The van der Waals surface area contributed by atoms with E-state index in [4.69, 9.17) is 21.1 Å². The molecule has 1 unspecified atom stereocenters. The Hall–Kier alpha value is -2.73. The third-order valence-corrected chi connectivity index (χ3v) is 4.03. The van der Waals surface area contributed by atoms with Crippen LogP contribution in [-0.4, -0.2) is 37.2 Å². The quantitative estimate of drug-likeness (QED) is 0.737. The highest BCUT2D eigenvalue weighted by Gasteiger charge is 2.22. The smallest absolute Gasteiger partial charge is 0.312 e.